The summed E-state index contributed by atoms with van der Waals surface area (Å²) in [4.78, 5) is 2.43. The maximum absolute atomic E-state index is 5.62. The summed E-state index contributed by atoms with van der Waals surface area (Å²) in [5, 5.41) is 0. The zero-order valence-corrected chi connectivity index (χ0v) is 11.9. The van der Waals surface area contributed by atoms with Crippen molar-refractivity contribution in [1.29, 1.82) is 0 Å². The number of rotatable bonds is 11. The molecule has 4 nitrogen and oxygen atoms in total. The largest absolute Gasteiger partial charge is 0.383 e. The molecule has 0 fully saturated rings. The maximum atomic E-state index is 5.62. The van der Waals surface area contributed by atoms with Gasteiger partial charge in [-0.15, -0.1) is 0 Å². The van der Waals surface area contributed by atoms with Crippen LogP contribution in [0.5, 0.6) is 0 Å². The van der Waals surface area contributed by atoms with E-state index in [9.17, 15) is 0 Å². The van der Waals surface area contributed by atoms with Crippen molar-refractivity contribution in [2.75, 3.05) is 47.1 Å². The Hall–Kier alpha value is -0.160. The molecular formula is C13H30N2O2. The molecule has 0 saturated carbocycles. The first-order valence-corrected chi connectivity index (χ1v) is 6.57. The van der Waals surface area contributed by atoms with Gasteiger partial charge in [-0.05, 0) is 38.8 Å². The fourth-order valence-electron chi connectivity index (χ4n) is 1.87. The summed E-state index contributed by atoms with van der Waals surface area (Å²) in [7, 11) is 3.50. The molecular weight excluding hydrogens is 216 g/mol. The first-order chi connectivity index (χ1) is 8.15. The smallest absolute Gasteiger partial charge is 0.0615 e. The van der Waals surface area contributed by atoms with Gasteiger partial charge in [-0.25, -0.2) is 0 Å². The van der Waals surface area contributed by atoms with E-state index in [0.717, 1.165) is 32.8 Å². The van der Waals surface area contributed by atoms with Crippen LogP contribution in [0.25, 0.3) is 0 Å². The van der Waals surface area contributed by atoms with Gasteiger partial charge >= 0.3 is 0 Å². The molecule has 0 aromatic carbocycles. The Kier molecular flexibility index (Phi) is 10.9. The van der Waals surface area contributed by atoms with Gasteiger partial charge < -0.3 is 15.2 Å². The fourth-order valence-corrected chi connectivity index (χ4v) is 1.87. The average Bonchev–Trinajstić information content (AvgIpc) is 2.33. The molecule has 0 rings (SSSR count). The lowest BCUT2D eigenvalue weighted by Gasteiger charge is -2.28. The van der Waals surface area contributed by atoms with Gasteiger partial charge in [0.2, 0.25) is 0 Å². The van der Waals surface area contributed by atoms with Gasteiger partial charge in [0.15, 0.2) is 0 Å². The molecule has 0 bridgehead atoms. The first-order valence-electron chi connectivity index (χ1n) is 6.57. The number of nitrogens with two attached hydrogens (primary N) is 1. The second-order valence-electron chi connectivity index (χ2n) is 4.82. The molecule has 0 radical (unpaired) electrons. The highest BCUT2D eigenvalue weighted by Crippen LogP contribution is 2.07. The molecule has 0 spiro atoms. The van der Waals surface area contributed by atoms with E-state index in [0.29, 0.717) is 12.0 Å². The minimum atomic E-state index is 0.448. The van der Waals surface area contributed by atoms with Crippen LogP contribution in [-0.4, -0.2) is 58.0 Å². The third-order valence-electron chi connectivity index (χ3n) is 3.16. The van der Waals surface area contributed by atoms with E-state index < -0.39 is 0 Å². The molecule has 2 unspecified atom stereocenters. The van der Waals surface area contributed by atoms with Crippen LogP contribution in [0, 0.1) is 5.92 Å². The zero-order valence-electron chi connectivity index (χ0n) is 11.9. The molecule has 0 aliphatic rings. The summed E-state index contributed by atoms with van der Waals surface area (Å²) >= 11 is 0. The first kappa shape index (κ1) is 16.8. The Morgan fingerprint density at radius 1 is 1.12 bits per heavy atom. The number of ether oxygens (including phenoxy) is 2. The zero-order chi connectivity index (χ0) is 13.1. The molecule has 0 heterocycles. The minimum Gasteiger partial charge on any atom is -0.383 e. The Balaban J connectivity index is 3.91. The minimum absolute atomic E-state index is 0.448. The van der Waals surface area contributed by atoms with E-state index in [-0.39, 0.29) is 0 Å². The van der Waals surface area contributed by atoms with Crippen molar-refractivity contribution < 1.29 is 9.47 Å². The van der Waals surface area contributed by atoms with E-state index in [1.165, 1.54) is 12.8 Å². The van der Waals surface area contributed by atoms with Crippen molar-refractivity contribution in [3.8, 4) is 0 Å². The molecule has 104 valence electrons. The Morgan fingerprint density at radius 3 is 2.35 bits per heavy atom. The van der Waals surface area contributed by atoms with Crippen molar-refractivity contribution >= 4 is 0 Å². The topological polar surface area (TPSA) is 47.7 Å². The molecule has 2 N–H and O–H groups in total. The van der Waals surface area contributed by atoms with Gasteiger partial charge in [-0.3, -0.25) is 4.90 Å². The molecule has 2 atom stereocenters. The molecule has 0 aliphatic heterocycles. The molecule has 0 aliphatic carbocycles. The van der Waals surface area contributed by atoms with Crippen molar-refractivity contribution in [1.82, 2.24) is 4.90 Å². The van der Waals surface area contributed by atoms with Gasteiger partial charge in [0, 0.05) is 26.8 Å². The van der Waals surface area contributed by atoms with Crippen LogP contribution in [-0.2, 0) is 9.47 Å². The summed E-state index contributed by atoms with van der Waals surface area (Å²) in [5.41, 5.74) is 5.62. The van der Waals surface area contributed by atoms with E-state index in [1.54, 1.807) is 14.2 Å². The number of hydrogen-bond donors (Lipinski definition) is 1. The second kappa shape index (κ2) is 11.0. The quantitative estimate of drug-likeness (QED) is 0.598. The van der Waals surface area contributed by atoms with Crippen molar-refractivity contribution in [2.24, 2.45) is 11.7 Å². The van der Waals surface area contributed by atoms with Crippen LogP contribution in [0.15, 0.2) is 0 Å². The van der Waals surface area contributed by atoms with E-state index in [1.807, 2.05) is 0 Å². The van der Waals surface area contributed by atoms with Crippen LogP contribution in [0.3, 0.4) is 0 Å². The van der Waals surface area contributed by atoms with Gasteiger partial charge in [0.1, 0.15) is 0 Å². The van der Waals surface area contributed by atoms with Gasteiger partial charge in [0.05, 0.1) is 13.2 Å². The third-order valence-corrected chi connectivity index (χ3v) is 3.16. The highest BCUT2D eigenvalue weighted by atomic mass is 16.5. The number of nitrogens with zero attached hydrogens (tertiary/aromatic N) is 1. The van der Waals surface area contributed by atoms with Crippen molar-refractivity contribution in [2.45, 2.75) is 32.7 Å². The number of hydrogen-bond acceptors (Lipinski definition) is 4. The maximum Gasteiger partial charge on any atom is 0.0615 e. The Bertz CT molecular complexity index is 167. The standard InChI is InChI=1S/C13H30N2O2/c1-12(10-14)6-5-7-15(8-9-16-3)13(2)11-17-4/h12-13H,5-11,14H2,1-4H3. The van der Waals surface area contributed by atoms with E-state index in [2.05, 4.69) is 18.7 Å². The predicted octanol–water partition coefficient (Wildman–Crippen LogP) is 1.34. The second-order valence-corrected chi connectivity index (χ2v) is 4.82. The van der Waals surface area contributed by atoms with Crippen LogP contribution in [0.1, 0.15) is 26.7 Å². The van der Waals surface area contributed by atoms with Gasteiger partial charge in [-0.1, -0.05) is 6.92 Å². The third kappa shape index (κ3) is 8.55. The summed E-state index contributed by atoms with van der Waals surface area (Å²) < 4.78 is 10.4. The summed E-state index contributed by atoms with van der Waals surface area (Å²) in [5.74, 6) is 0.622. The lowest BCUT2D eigenvalue weighted by atomic mass is 10.1. The summed E-state index contributed by atoms with van der Waals surface area (Å²) in [6, 6.07) is 0.448. The normalized spacial score (nSPS) is 15.2. The van der Waals surface area contributed by atoms with E-state index in [4.69, 9.17) is 15.2 Å². The lowest BCUT2D eigenvalue weighted by Crippen LogP contribution is -2.39. The summed E-state index contributed by atoms with van der Waals surface area (Å²) in [6.07, 6.45) is 2.38. The van der Waals surface area contributed by atoms with Crippen LogP contribution >= 0.6 is 0 Å². The lowest BCUT2D eigenvalue weighted by molar-refractivity contribution is 0.0734. The highest BCUT2D eigenvalue weighted by molar-refractivity contribution is 4.67. The average molecular weight is 246 g/mol. The molecule has 0 aromatic heterocycles. The van der Waals surface area contributed by atoms with Crippen LogP contribution in [0.2, 0.25) is 0 Å². The predicted molar refractivity (Wildman–Crippen MR) is 72.2 cm³/mol. The molecule has 0 amide bonds. The summed E-state index contributed by atoms with van der Waals surface area (Å²) in [6.45, 7) is 8.81. The van der Waals surface area contributed by atoms with Gasteiger partial charge in [0.25, 0.3) is 0 Å². The Labute approximate surface area is 106 Å². The SMILES string of the molecule is COCCN(CCCC(C)CN)C(C)COC. The highest BCUT2D eigenvalue weighted by Gasteiger charge is 2.13. The molecule has 17 heavy (non-hydrogen) atoms. The number of methoxy groups -OCH3 is 2. The van der Waals surface area contributed by atoms with Crippen molar-refractivity contribution in [3.63, 3.8) is 0 Å². The molecule has 4 heteroatoms. The monoisotopic (exact) mass is 246 g/mol. The van der Waals surface area contributed by atoms with Crippen molar-refractivity contribution in [3.05, 3.63) is 0 Å². The molecule has 0 saturated heterocycles. The molecule has 0 aromatic rings. The van der Waals surface area contributed by atoms with E-state index >= 15 is 0 Å². The van der Waals surface area contributed by atoms with Crippen LogP contribution in [0.4, 0.5) is 0 Å². The fraction of sp³-hybridized carbons (Fsp3) is 1.00. The van der Waals surface area contributed by atoms with Gasteiger partial charge in [-0.2, -0.15) is 0 Å². The Morgan fingerprint density at radius 2 is 1.82 bits per heavy atom. The van der Waals surface area contributed by atoms with Crippen LogP contribution < -0.4 is 5.73 Å².